The minimum Gasteiger partial charge on any atom is -0.310 e. The van der Waals surface area contributed by atoms with E-state index in [1.807, 2.05) is 6.08 Å². The number of thiophene rings is 1. The molecule has 0 saturated carbocycles. The second kappa shape index (κ2) is 5.95. The average Bonchev–Trinajstić information content (AvgIpc) is 2.64. The summed E-state index contributed by atoms with van der Waals surface area (Å²) in [6, 6.07) is 2.75. The van der Waals surface area contributed by atoms with E-state index in [0.29, 0.717) is 6.04 Å². The molecule has 1 aromatic heterocycles. The van der Waals surface area contributed by atoms with Crippen molar-refractivity contribution in [1.29, 1.82) is 0 Å². The molecule has 13 heavy (non-hydrogen) atoms. The molecule has 0 bridgehead atoms. The van der Waals surface area contributed by atoms with E-state index in [0.717, 1.165) is 13.0 Å². The first-order valence-corrected chi connectivity index (χ1v) is 5.62. The zero-order valence-electron chi connectivity index (χ0n) is 8.12. The molecule has 0 aliphatic rings. The van der Waals surface area contributed by atoms with Gasteiger partial charge in [-0.15, -0.1) is 6.58 Å². The largest absolute Gasteiger partial charge is 0.310 e. The van der Waals surface area contributed by atoms with E-state index in [9.17, 15) is 0 Å². The quantitative estimate of drug-likeness (QED) is 0.687. The molecule has 1 aromatic rings. The lowest BCUT2D eigenvalue weighted by molar-refractivity contribution is 0.518. The maximum atomic E-state index is 3.72. The second-order valence-electron chi connectivity index (χ2n) is 3.28. The van der Waals surface area contributed by atoms with Crippen LogP contribution in [0.15, 0.2) is 29.5 Å². The van der Waals surface area contributed by atoms with Gasteiger partial charge in [0.1, 0.15) is 0 Å². The van der Waals surface area contributed by atoms with E-state index in [1.54, 1.807) is 11.3 Å². The highest BCUT2D eigenvalue weighted by Gasteiger charge is 1.99. The Balaban J connectivity index is 2.15. The number of hydrogen-bond acceptors (Lipinski definition) is 2. The third-order valence-electron chi connectivity index (χ3n) is 2.04. The first kappa shape index (κ1) is 10.5. The van der Waals surface area contributed by atoms with Crippen molar-refractivity contribution in [3.63, 3.8) is 0 Å². The van der Waals surface area contributed by atoms with Gasteiger partial charge in [0.2, 0.25) is 0 Å². The van der Waals surface area contributed by atoms with E-state index in [2.05, 4.69) is 35.6 Å². The van der Waals surface area contributed by atoms with Gasteiger partial charge in [0.05, 0.1) is 0 Å². The Morgan fingerprint density at radius 1 is 1.69 bits per heavy atom. The molecule has 0 amide bonds. The third-order valence-corrected chi connectivity index (χ3v) is 2.77. The topological polar surface area (TPSA) is 12.0 Å². The van der Waals surface area contributed by atoms with E-state index in [1.165, 1.54) is 12.0 Å². The number of rotatable bonds is 6. The maximum Gasteiger partial charge on any atom is 0.0216 e. The van der Waals surface area contributed by atoms with Gasteiger partial charge in [-0.2, -0.15) is 11.3 Å². The average molecular weight is 195 g/mol. The Morgan fingerprint density at radius 3 is 3.15 bits per heavy atom. The zero-order chi connectivity index (χ0) is 9.52. The lowest BCUT2D eigenvalue weighted by Gasteiger charge is -2.11. The van der Waals surface area contributed by atoms with Crippen LogP contribution in [0.3, 0.4) is 0 Å². The summed E-state index contributed by atoms with van der Waals surface area (Å²) >= 11 is 1.75. The molecule has 0 fully saturated rings. The number of nitrogens with one attached hydrogen (secondary N) is 1. The molecule has 1 atom stereocenters. The minimum absolute atomic E-state index is 0.581. The van der Waals surface area contributed by atoms with Crippen LogP contribution in [0.2, 0.25) is 0 Å². The molecule has 2 heteroatoms. The van der Waals surface area contributed by atoms with Crippen LogP contribution in [0.1, 0.15) is 25.3 Å². The van der Waals surface area contributed by atoms with Gasteiger partial charge >= 0.3 is 0 Å². The van der Waals surface area contributed by atoms with Crippen molar-refractivity contribution in [2.45, 2.75) is 32.4 Å². The fourth-order valence-electron chi connectivity index (χ4n) is 1.16. The van der Waals surface area contributed by atoms with Crippen molar-refractivity contribution in [3.8, 4) is 0 Å². The van der Waals surface area contributed by atoms with Crippen LogP contribution in [0.4, 0.5) is 0 Å². The summed E-state index contributed by atoms with van der Waals surface area (Å²) < 4.78 is 0. The molecular formula is C11H17NS. The van der Waals surface area contributed by atoms with E-state index < -0.39 is 0 Å². The van der Waals surface area contributed by atoms with E-state index in [4.69, 9.17) is 0 Å². The van der Waals surface area contributed by atoms with Gasteiger partial charge in [0.15, 0.2) is 0 Å². The Morgan fingerprint density at radius 2 is 2.54 bits per heavy atom. The standard InChI is InChI=1S/C11H17NS/c1-3-4-5-10(2)12-8-11-6-7-13-9-11/h3,6-7,9-10,12H,1,4-5,8H2,2H3. The van der Waals surface area contributed by atoms with Gasteiger partial charge in [0.25, 0.3) is 0 Å². The highest BCUT2D eigenvalue weighted by atomic mass is 32.1. The second-order valence-corrected chi connectivity index (χ2v) is 4.06. The van der Waals surface area contributed by atoms with Crippen molar-refractivity contribution in [2.75, 3.05) is 0 Å². The predicted octanol–water partition coefficient (Wildman–Crippen LogP) is 3.19. The molecule has 0 spiro atoms. The number of hydrogen-bond donors (Lipinski definition) is 1. The van der Waals surface area contributed by atoms with Gasteiger partial charge in [-0.25, -0.2) is 0 Å². The van der Waals surface area contributed by atoms with Crippen molar-refractivity contribution >= 4 is 11.3 Å². The molecule has 1 N–H and O–H groups in total. The molecule has 1 unspecified atom stereocenters. The minimum atomic E-state index is 0.581. The summed E-state index contributed by atoms with van der Waals surface area (Å²) in [5.41, 5.74) is 1.38. The lowest BCUT2D eigenvalue weighted by Crippen LogP contribution is -2.24. The maximum absolute atomic E-state index is 3.72. The summed E-state index contributed by atoms with van der Waals surface area (Å²) in [6.07, 6.45) is 4.24. The van der Waals surface area contributed by atoms with E-state index >= 15 is 0 Å². The Bertz CT molecular complexity index is 228. The molecule has 1 nitrogen and oxygen atoms in total. The first-order valence-electron chi connectivity index (χ1n) is 4.68. The Hall–Kier alpha value is -0.600. The summed E-state index contributed by atoms with van der Waals surface area (Å²) in [4.78, 5) is 0. The van der Waals surface area contributed by atoms with Gasteiger partial charge in [0, 0.05) is 12.6 Å². The van der Waals surface area contributed by atoms with Crippen LogP contribution in [0.25, 0.3) is 0 Å². The lowest BCUT2D eigenvalue weighted by atomic mass is 10.2. The van der Waals surface area contributed by atoms with Crippen LogP contribution in [0.5, 0.6) is 0 Å². The van der Waals surface area contributed by atoms with Gasteiger partial charge in [-0.1, -0.05) is 6.08 Å². The summed E-state index contributed by atoms with van der Waals surface area (Å²) in [5.74, 6) is 0. The number of allylic oxidation sites excluding steroid dienone is 1. The Labute approximate surface area is 84.5 Å². The van der Waals surface area contributed by atoms with Gasteiger partial charge in [-0.3, -0.25) is 0 Å². The van der Waals surface area contributed by atoms with Crippen molar-refractivity contribution < 1.29 is 0 Å². The smallest absolute Gasteiger partial charge is 0.0216 e. The van der Waals surface area contributed by atoms with Crippen molar-refractivity contribution in [3.05, 3.63) is 35.0 Å². The SMILES string of the molecule is C=CCCC(C)NCc1ccsc1. The van der Waals surface area contributed by atoms with Crippen molar-refractivity contribution in [1.82, 2.24) is 5.32 Å². The molecule has 0 aliphatic carbocycles. The monoisotopic (exact) mass is 195 g/mol. The fraction of sp³-hybridized carbons (Fsp3) is 0.455. The molecule has 0 radical (unpaired) electrons. The molecular weight excluding hydrogens is 178 g/mol. The third kappa shape index (κ3) is 4.25. The molecule has 72 valence electrons. The van der Waals surface area contributed by atoms with E-state index in [-0.39, 0.29) is 0 Å². The highest BCUT2D eigenvalue weighted by molar-refractivity contribution is 7.07. The predicted molar refractivity (Wildman–Crippen MR) is 60.1 cm³/mol. The first-order chi connectivity index (χ1) is 6.33. The summed E-state index contributed by atoms with van der Waals surface area (Å²) in [7, 11) is 0. The van der Waals surface area contributed by atoms with Crippen LogP contribution < -0.4 is 5.32 Å². The van der Waals surface area contributed by atoms with Crippen LogP contribution in [-0.4, -0.2) is 6.04 Å². The van der Waals surface area contributed by atoms with Gasteiger partial charge < -0.3 is 5.32 Å². The molecule has 1 rings (SSSR count). The fourth-order valence-corrected chi connectivity index (χ4v) is 1.82. The van der Waals surface area contributed by atoms with Crippen LogP contribution in [-0.2, 0) is 6.54 Å². The zero-order valence-corrected chi connectivity index (χ0v) is 8.94. The normalized spacial score (nSPS) is 12.7. The highest BCUT2D eigenvalue weighted by Crippen LogP contribution is 2.06. The van der Waals surface area contributed by atoms with Crippen molar-refractivity contribution in [2.24, 2.45) is 0 Å². The summed E-state index contributed by atoms with van der Waals surface area (Å²) in [6.45, 7) is 6.92. The molecule has 1 heterocycles. The molecule has 0 saturated heterocycles. The molecule has 0 aromatic carbocycles. The van der Waals surface area contributed by atoms with Gasteiger partial charge in [-0.05, 0) is 42.2 Å². The molecule has 0 aliphatic heterocycles. The van der Waals surface area contributed by atoms with Crippen LogP contribution >= 0.6 is 11.3 Å². The van der Waals surface area contributed by atoms with Crippen LogP contribution in [0, 0.1) is 0 Å². The Kier molecular flexibility index (Phi) is 4.79. The summed E-state index contributed by atoms with van der Waals surface area (Å²) in [5, 5.41) is 7.78.